The molecule has 0 amide bonds. The van der Waals surface area contributed by atoms with E-state index in [1.165, 1.54) is 17.7 Å². The first-order valence-electron chi connectivity index (χ1n) is 11.6. The number of nitrogens with one attached hydrogen (secondary N) is 1. The highest BCUT2D eigenvalue weighted by atomic mass is 19.1. The van der Waals surface area contributed by atoms with Crippen molar-refractivity contribution in [2.75, 3.05) is 6.54 Å². The number of benzene rings is 3. The Hall–Kier alpha value is -3.38. The van der Waals surface area contributed by atoms with E-state index in [0.29, 0.717) is 23.7 Å². The minimum absolute atomic E-state index is 0.327. The first-order chi connectivity index (χ1) is 16.4. The summed E-state index contributed by atoms with van der Waals surface area (Å²) in [4.78, 5) is 4.62. The predicted octanol–water partition coefficient (Wildman–Crippen LogP) is 6.51. The van der Waals surface area contributed by atoms with Gasteiger partial charge in [-0.1, -0.05) is 65.7 Å². The second kappa shape index (κ2) is 10.7. The summed E-state index contributed by atoms with van der Waals surface area (Å²) < 4.78 is 33.8. The van der Waals surface area contributed by atoms with Gasteiger partial charge in [0, 0.05) is 18.2 Å². The molecule has 0 spiro atoms. The number of rotatable bonds is 9. The van der Waals surface area contributed by atoms with Crippen molar-refractivity contribution in [3.8, 4) is 11.4 Å². The smallest absolute Gasteiger partial charge is 0.234 e. The average molecular weight is 462 g/mol. The van der Waals surface area contributed by atoms with Crippen LogP contribution in [0, 0.1) is 25.5 Å². The van der Waals surface area contributed by atoms with Crippen molar-refractivity contribution >= 4 is 0 Å². The maximum atomic E-state index is 14.1. The second-order valence-electron chi connectivity index (χ2n) is 8.79. The van der Waals surface area contributed by atoms with E-state index in [9.17, 15) is 8.78 Å². The molecule has 1 aromatic heterocycles. The molecular formula is C28H29F2N3O. The highest BCUT2D eigenvalue weighted by molar-refractivity contribution is 5.55. The van der Waals surface area contributed by atoms with Crippen LogP contribution >= 0.6 is 0 Å². The van der Waals surface area contributed by atoms with E-state index < -0.39 is 17.6 Å². The van der Waals surface area contributed by atoms with Crippen LogP contribution in [-0.4, -0.2) is 16.7 Å². The minimum Gasteiger partial charge on any atom is -0.338 e. The Morgan fingerprint density at radius 3 is 2.21 bits per heavy atom. The van der Waals surface area contributed by atoms with Crippen LogP contribution in [0.1, 0.15) is 53.0 Å². The fourth-order valence-corrected chi connectivity index (χ4v) is 4.22. The standard InChI is InChI=1S/C28H29F2N3O/c1-4-9-31-17-20-5-7-22(8-6-20)27-32-28(34-33-27)26(23-14-24(29)16-25(30)15-23)13-21-11-18(2)10-19(3)12-21/h5-8,10-12,14-16,26,31H,4,9,13,17H2,1-3H3/t26-/m1/s1. The Bertz CT molecular complexity index is 1210. The van der Waals surface area contributed by atoms with Gasteiger partial charge in [-0.05, 0) is 62.1 Å². The number of halogens is 2. The van der Waals surface area contributed by atoms with Crippen LogP contribution in [0.2, 0.25) is 0 Å². The van der Waals surface area contributed by atoms with Gasteiger partial charge in [0.05, 0.1) is 5.92 Å². The maximum Gasteiger partial charge on any atom is 0.234 e. The van der Waals surface area contributed by atoms with Crippen molar-refractivity contribution in [2.45, 2.75) is 46.1 Å². The molecule has 0 unspecified atom stereocenters. The maximum absolute atomic E-state index is 14.1. The summed E-state index contributed by atoms with van der Waals surface area (Å²) in [5.41, 5.74) is 5.74. The summed E-state index contributed by atoms with van der Waals surface area (Å²) in [6, 6.07) is 17.7. The van der Waals surface area contributed by atoms with Crippen LogP contribution < -0.4 is 5.32 Å². The van der Waals surface area contributed by atoms with Crippen LogP contribution in [0.25, 0.3) is 11.4 Å². The molecule has 1 N–H and O–H groups in total. The van der Waals surface area contributed by atoms with Crippen molar-refractivity contribution in [1.29, 1.82) is 0 Å². The zero-order valence-electron chi connectivity index (χ0n) is 19.7. The Morgan fingerprint density at radius 2 is 1.56 bits per heavy atom. The SMILES string of the molecule is CCCNCc1ccc(-c2noc([C@H](Cc3cc(C)cc(C)c3)c3cc(F)cc(F)c3)n2)cc1. The van der Waals surface area contributed by atoms with Crippen LogP contribution in [0.3, 0.4) is 0 Å². The lowest BCUT2D eigenvalue weighted by Crippen LogP contribution is -2.13. The monoisotopic (exact) mass is 461 g/mol. The molecular weight excluding hydrogens is 432 g/mol. The fourth-order valence-electron chi connectivity index (χ4n) is 4.22. The lowest BCUT2D eigenvalue weighted by atomic mass is 9.90. The number of nitrogens with zero attached hydrogens (tertiary/aromatic N) is 2. The van der Waals surface area contributed by atoms with E-state index in [-0.39, 0.29) is 0 Å². The zero-order chi connectivity index (χ0) is 24.1. The molecule has 176 valence electrons. The molecule has 4 nitrogen and oxygen atoms in total. The second-order valence-corrected chi connectivity index (χ2v) is 8.79. The molecule has 0 aliphatic carbocycles. The summed E-state index contributed by atoms with van der Waals surface area (Å²) in [7, 11) is 0. The van der Waals surface area contributed by atoms with Gasteiger partial charge >= 0.3 is 0 Å². The molecule has 3 aromatic carbocycles. The van der Waals surface area contributed by atoms with Gasteiger partial charge in [-0.3, -0.25) is 0 Å². The highest BCUT2D eigenvalue weighted by Crippen LogP contribution is 2.31. The Balaban J connectivity index is 1.64. The van der Waals surface area contributed by atoms with Gasteiger partial charge in [0.25, 0.3) is 0 Å². The molecule has 34 heavy (non-hydrogen) atoms. The van der Waals surface area contributed by atoms with Crippen molar-refractivity contribution in [1.82, 2.24) is 15.5 Å². The molecule has 1 heterocycles. The van der Waals surface area contributed by atoms with E-state index >= 15 is 0 Å². The summed E-state index contributed by atoms with van der Waals surface area (Å²) in [6.07, 6.45) is 1.57. The van der Waals surface area contributed by atoms with Crippen molar-refractivity contribution in [3.63, 3.8) is 0 Å². The van der Waals surface area contributed by atoms with E-state index in [0.717, 1.165) is 47.8 Å². The molecule has 0 aliphatic rings. The van der Waals surface area contributed by atoms with Gasteiger partial charge in [-0.2, -0.15) is 4.98 Å². The zero-order valence-corrected chi connectivity index (χ0v) is 19.7. The molecule has 4 aromatic rings. The van der Waals surface area contributed by atoms with E-state index in [4.69, 9.17) is 4.52 Å². The normalized spacial score (nSPS) is 12.1. The quantitative estimate of drug-likeness (QED) is 0.289. The predicted molar refractivity (Wildman–Crippen MR) is 130 cm³/mol. The number of aromatic nitrogens is 2. The Labute approximate surface area is 199 Å². The van der Waals surface area contributed by atoms with Crippen molar-refractivity contribution in [3.05, 3.63) is 106 Å². The largest absolute Gasteiger partial charge is 0.338 e. The molecule has 0 bridgehead atoms. The van der Waals surface area contributed by atoms with Crippen molar-refractivity contribution in [2.24, 2.45) is 0 Å². The third-order valence-corrected chi connectivity index (χ3v) is 5.72. The van der Waals surface area contributed by atoms with Gasteiger partial charge in [-0.15, -0.1) is 0 Å². The van der Waals surface area contributed by atoms with Crippen molar-refractivity contribution < 1.29 is 13.3 Å². The molecule has 0 saturated carbocycles. The molecule has 0 aliphatic heterocycles. The van der Waals surface area contributed by atoms with Gasteiger partial charge < -0.3 is 9.84 Å². The first-order valence-corrected chi connectivity index (χ1v) is 11.6. The number of hydrogen-bond donors (Lipinski definition) is 1. The van der Waals surface area contributed by atoms with Gasteiger partial charge in [0.1, 0.15) is 11.6 Å². The summed E-state index contributed by atoms with van der Waals surface area (Å²) >= 11 is 0. The first kappa shape index (κ1) is 23.8. The summed E-state index contributed by atoms with van der Waals surface area (Å²) in [5.74, 6) is -0.969. The molecule has 4 rings (SSSR count). The minimum atomic E-state index is -0.632. The number of hydrogen-bond acceptors (Lipinski definition) is 4. The van der Waals surface area contributed by atoms with Crippen LogP contribution in [0.15, 0.2) is 65.2 Å². The highest BCUT2D eigenvalue weighted by Gasteiger charge is 2.24. The molecule has 0 saturated heterocycles. The Morgan fingerprint density at radius 1 is 0.882 bits per heavy atom. The van der Waals surface area contributed by atoms with Gasteiger partial charge in [0.15, 0.2) is 0 Å². The lowest BCUT2D eigenvalue weighted by molar-refractivity contribution is 0.364. The molecule has 0 radical (unpaired) electrons. The van der Waals surface area contributed by atoms with Crippen LogP contribution in [-0.2, 0) is 13.0 Å². The van der Waals surface area contributed by atoms with E-state index in [1.54, 1.807) is 0 Å². The van der Waals surface area contributed by atoms with Gasteiger partial charge in [0.2, 0.25) is 11.7 Å². The summed E-state index contributed by atoms with van der Waals surface area (Å²) in [6.45, 7) is 7.96. The topological polar surface area (TPSA) is 51.0 Å². The van der Waals surface area contributed by atoms with Gasteiger partial charge in [-0.25, -0.2) is 8.78 Å². The van der Waals surface area contributed by atoms with E-state index in [2.05, 4.69) is 40.6 Å². The third-order valence-electron chi connectivity index (χ3n) is 5.72. The number of aryl methyl sites for hydroxylation is 2. The van der Waals surface area contributed by atoms with E-state index in [1.807, 2.05) is 38.1 Å². The fraction of sp³-hybridized carbons (Fsp3) is 0.286. The molecule has 0 fully saturated rings. The lowest BCUT2D eigenvalue weighted by Gasteiger charge is -2.15. The average Bonchev–Trinajstić information content (AvgIpc) is 3.27. The summed E-state index contributed by atoms with van der Waals surface area (Å²) in [5, 5.41) is 7.55. The molecule has 1 atom stereocenters. The molecule has 6 heteroatoms. The van der Waals surface area contributed by atoms with Crippen LogP contribution in [0.4, 0.5) is 8.78 Å². The Kier molecular flexibility index (Phi) is 7.48. The van der Waals surface area contributed by atoms with Crippen LogP contribution in [0.5, 0.6) is 0 Å². The third kappa shape index (κ3) is 5.94.